The van der Waals surface area contributed by atoms with Gasteiger partial charge in [0.05, 0.1) is 20.8 Å². The summed E-state index contributed by atoms with van der Waals surface area (Å²) < 4.78 is 10.6. The number of nitrogens with one attached hydrogen (secondary N) is 1. The van der Waals surface area contributed by atoms with Gasteiger partial charge >= 0.3 is 0 Å². The molecule has 0 saturated carbocycles. The third kappa shape index (κ3) is 3.46. The maximum absolute atomic E-state index is 12.8. The van der Waals surface area contributed by atoms with E-state index in [-0.39, 0.29) is 12.5 Å². The molecule has 1 atom stereocenters. The Labute approximate surface area is 159 Å². The van der Waals surface area contributed by atoms with Gasteiger partial charge in [0.2, 0.25) is 0 Å². The van der Waals surface area contributed by atoms with Crippen LogP contribution in [-0.2, 0) is 5.60 Å². The van der Waals surface area contributed by atoms with E-state index in [0.29, 0.717) is 17.1 Å². The lowest BCUT2D eigenvalue weighted by Gasteiger charge is -2.27. The number of carbonyl (C=O) groups is 1. The second-order valence-electron chi connectivity index (χ2n) is 5.57. The Morgan fingerprint density at radius 3 is 2.38 bits per heavy atom. The number of amides is 1. The summed E-state index contributed by atoms with van der Waals surface area (Å²) in [4.78, 5) is 13.6. The summed E-state index contributed by atoms with van der Waals surface area (Å²) >= 11 is 2.94. The minimum absolute atomic E-state index is 0.0320. The van der Waals surface area contributed by atoms with E-state index >= 15 is 0 Å². The molecule has 3 aromatic rings. The van der Waals surface area contributed by atoms with Crippen LogP contribution in [0.5, 0.6) is 11.5 Å². The van der Waals surface area contributed by atoms with Crippen LogP contribution in [0.25, 0.3) is 0 Å². The Kier molecular flexibility index (Phi) is 5.61. The lowest BCUT2D eigenvalue weighted by atomic mass is 9.94. The third-order valence-corrected chi connectivity index (χ3v) is 5.79. The third-order valence-electron chi connectivity index (χ3n) is 4.09. The van der Waals surface area contributed by atoms with Crippen LogP contribution >= 0.6 is 22.7 Å². The van der Waals surface area contributed by atoms with Gasteiger partial charge in [0, 0.05) is 10.4 Å². The van der Waals surface area contributed by atoms with Gasteiger partial charge in [0.25, 0.3) is 5.91 Å². The molecule has 2 N–H and O–H groups in total. The Balaban J connectivity index is 1.88. The van der Waals surface area contributed by atoms with E-state index in [1.165, 1.54) is 36.9 Å². The summed E-state index contributed by atoms with van der Waals surface area (Å²) in [7, 11) is 3.00. The Morgan fingerprint density at radius 1 is 1.12 bits per heavy atom. The van der Waals surface area contributed by atoms with Crippen molar-refractivity contribution in [3.8, 4) is 11.5 Å². The molecule has 136 valence electrons. The van der Waals surface area contributed by atoms with Crippen molar-refractivity contribution < 1.29 is 19.4 Å². The van der Waals surface area contributed by atoms with Crippen molar-refractivity contribution in [1.29, 1.82) is 0 Å². The molecule has 0 saturated heterocycles. The average molecular weight is 389 g/mol. The molecule has 0 aliphatic heterocycles. The number of rotatable bonds is 7. The van der Waals surface area contributed by atoms with Gasteiger partial charge in [-0.1, -0.05) is 12.1 Å². The first-order valence-corrected chi connectivity index (χ1v) is 9.70. The fourth-order valence-corrected chi connectivity index (χ4v) is 4.29. The van der Waals surface area contributed by atoms with Crippen molar-refractivity contribution in [3.63, 3.8) is 0 Å². The quantitative estimate of drug-likeness (QED) is 0.649. The maximum atomic E-state index is 12.8. The molecule has 0 bridgehead atoms. The highest BCUT2D eigenvalue weighted by Crippen LogP contribution is 2.34. The number of benzene rings is 1. The highest BCUT2D eigenvalue weighted by atomic mass is 32.1. The number of hydrogen-bond donors (Lipinski definition) is 2. The molecule has 0 radical (unpaired) electrons. The summed E-state index contributed by atoms with van der Waals surface area (Å²) in [6, 6.07) is 10.7. The van der Waals surface area contributed by atoms with E-state index in [0.717, 1.165) is 10.4 Å². The molecule has 1 unspecified atom stereocenters. The van der Waals surface area contributed by atoms with Crippen LogP contribution in [0.15, 0.2) is 52.5 Å². The number of aliphatic hydroxyl groups is 1. The first-order valence-electron chi connectivity index (χ1n) is 7.88. The molecule has 0 aliphatic carbocycles. The minimum atomic E-state index is -1.29. The topological polar surface area (TPSA) is 67.8 Å². The van der Waals surface area contributed by atoms with E-state index in [1.807, 2.05) is 34.3 Å². The van der Waals surface area contributed by atoms with Crippen molar-refractivity contribution in [1.82, 2.24) is 5.32 Å². The van der Waals surface area contributed by atoms with Gasteiger partial charge in [0.1, 0.15) is 22.7 Å². The summed E-state index contributed by atoms with van der Waals surface area (Å²) in [5.74, 6) is 0.457. The average Bonchev–Trinajstić information content (AvgIpc) is 3.39. The van der Waals surface area contributed by atoms with E-state index in [9.17, 15) is 9.90 Å². The van der Waals surface area contributed by atoms with Crippen LogP contribution < -0.4 is 14.8 Å². The van der Waals surface area contributed by atoms with Crippen molar-refractivity contribution in [2.75, 3.05) is 20.8 Å². The summed E-state index contributed by atoms with van der Waals surface area (Å²) in [6.07, 6.45) is 0. The number of hydrogen-bond acceptors (Lipinski definition) is 6. The highest BCUT2D eigenvalue weighted by molar-refractivity contribution is 7.10. The lowest BCUT2D eigenvalue weighted by Crippen LogP contribution is -2.41. The smallest absolute Gasteiger partial charge is 0.258 e. The summed E-state index contributed by atoms with van der Waals surface area (Å²) in [5.41, 5.74) is -0.243. The second kappa shape index (κ2) is 7.90. The predicted molar refractivity (Wildman–Crippen MR) is 104 cm³/mol. The molecule has 7 heteroatoms. The van der Waals surface area contributed by atoms with Gasteiger partial charge in [0.15, 0.2) is 0 Å². The molecule has 2 heterocycles. The lowest BCUT2D eigenvalue weighted by molar-refractivity contribution is 0.0717. The van der Waals surface area contributed by atoms with Crippen LogP contribution in [0.2, 0.25) is 0 Å². The van der Waals surface area contributed by atoms with Gasteiger partial charge in [-0.15, -0.1) is 11.3 Å². The summed E-state index contributed by atoms with van der Waals surface area (Å²) in [6.45, 7) is 0.0320. The maximum Gasteiger partial charge on any atom is 0.258 e. The molecule has 0 fully saturated rings. The monoisotopic (exact) mass is 389 g/mol. The number of ether oxygens (including phenoxy) is 2. The molecular formula is C19H19NO4S2. The zero-order valence-electron chi connectivity index (χ0n) is 14.4. The van der Waals surface area contributed by atoms with Crippen molar-refractivity contribution in [3.05, 3.63) is 68.5 Å². The van der Waals surface area contributed by atoms with Gasteiger partial charge in [-0.25, -0.2) is 0 Å². The van der Waals surface area contributed by atoms with Crippen molar-refractivity contribution in [2.24, 2.45) is 0 Å². The van der Waals surface area contributed by atoms with Crippen LogP contribution in [0, 0.1) is 0 Å². The first-order chi connectivity index (χ1) is 12.6. The summed E-state index contributed by atoms with van der Waals surface area (Å²) in [5, 5.41) is 19.8. The molecule has 3 rings (SSSR count). The Hall–Kier alpha value is -2.35. The van der Waals surface area contributed by atoms with E-state index in [1.54, 1.807) is 18.2 Å². The fourth-order valence-electron chi connectivity index (χ4n) is 2.72. The van der Waals surface area contributed by atoms with Gasteiger partial charge in [-0.3, -0.25) is 4.79 Å². The second-order valence-corrected chi connectivity index (χ2v) is 7.30. The molecule has 0 spiro atoms. The highest BCUT2D eigenvalue weighted by Gasteiger charge is 2.34. The zero-order valence-corrected chi connectivity index (χ0v) is 16.0. The molecule has 26 heavy (non-hydrogen) atoms. The normalized spacial score (nSPS) is 13.0. The van der Waals surface area contributed by atoms with E-state index < -0.39 is 5.60 Å². The van der Waals surface area contributed by atoms with Crippen LogP contribution in [-0.4, -0.2) is 31.8 Å². The molecule has 5 nitrogen and oxygen atoms in total. The SMILES string of the molecule is COc1cccc(OC)c1C(=O)NCC(O)(c1ccsc1)c1cccs1. The van der Waals surface area contributed by atoms with Crippen LogP contribution in [0.3, 0.4) is 0 Å². The molecular weight excluding hydrogens is 370 g/mol. The Morgan fingerprint density at radius 2 is 1.85 bits per heavy atom. The molecule has 2 aromatic heterocycles. The number of methoxy groups -OCH3 is 2. The molecule has 1 aromatic carbocycles. The fraction of sp³-hybridized carbons (Fsp3) is 0.211. The number of thiophene rings is 2. The van der Waals surface area contributed by atoms with Gasteiger partial charge in [-0.05, 0) is 40.4 Å². The first kappa shape index (κ1) is 18.4. The van der Waals surface area contributed by atoms with E-state index in [4.69, 9.17) is 9.47 Å². The zero-order chi connectivity index (χ0) is 18.6. The van der Waals surface area contributed by atoms with Gasteiger partial charge in [-0.2, -0.15) is 11.3 Å². The predicted octanol–water partition coefficient (Wildman–Crippen LogP) is 3.49. The van der Waals surface area contributed by atoms with Crippen molar-refractivity contribution >= 4 is 28.6 Å². The molecule has 0 aliphatic rings. The van der Waals surface area contributed by atoms with Crippen LogP contribution in [0.4, 0.5) is 0 Å². The van der Waals surface area contributed by atoms with Gasteiger partial charge < -0.3 is 19.9 Å². The molecule has 1 amide bonds. The van der Waals surface area contributed by atoms with Crippen LogP contribution in [0.1, 0.15) is 20.8 Å². The Bertz CT molecular complexity index is 803. The van der Waals surface area contributed by atoms with E-state index in [2.05, 4.69) is 5.32 Å². The minimum Gasteiger partial charge on any atom is -0.496 e. The number of carbonyl (C=O) groups excluding carboxylic acids is 1. The van der Waals surface area contributed by atoms with Crippen molar-refractivity contribution in [2.45, 2.75) is 5.60 Å². The largest absolute Gasteiger partial charge is 0.496 e. The standard InChI is InChI=1S/C19H19NO4S2/c1-23-14-5-3-6-15(24-2)17(14)18(21)20-12-19(22,13-8-10-25-11-13)16-7-4-9-26-16/h3-11,22H,12H2,1-2H3,(H,20,21).